The van der Waals surface area contributed by atoms with Crippen molar-refractivity contribution in [2.45, 2.75) is 68.6 Å². The third-order valence-electron chi connectivity index (χ3n) is 5.77. The third kappa shape index (κ3) is 8.12. The van der Waals surface area contributed by atoms with Gasteiger partial charge in [0, 0.05) is 4.90 Å². The van der Waals surface area contributed by atoms with Crippen molar-refractivity contribution in [3.63, 3.8) is 0 Å². The summed E-state index contributed by atoms with van der Waals surface area (Å²) in [6.45, 7) is 2.21. The fraction of sp³-hybridized carbons (Fsp3) is 0.370. The molecule has 1 N–H and O–H groups in total. The molecule has 0 aliphatic carbocycles. The molecule has 0 radical (unpaired) electrons. The second-order valence-corrected chi connectivity index (χ2v) is 9.77. The number of carboxylic acid groups (broad SMARTS) is 1. The van der Waals surface area contributed by atoms with E-state index in [4.69, 9.17) is 0 Å². The van der Waals surface area contributed by atoms with Gasteiger partial charge in [0.1, 0.15) is 0 Å². The minimum Gasteiger partial charge on any atom is -0.545 e. The molecular formula is C27H31LiO4S. The van der Waals surface area contributed by atoms with Crippen LogP contribution in [-0.2, 0) is 16.6 Å². The Hall–Kier alpha value is -1.90. The molecule has 2 atom stereocenters. The van der Waals surface area contributed by atoms with E-state index in [2.05, 4.69) is 6.92 Å². The number of unbranched alkanes of at least 4 members (excludes halogenated alkanes) is 5. The van der Waals surface area contributed by atoms with Crippen molar-refractivity contribution in [1.82, 2.24) is 0 Å². The molecule has 0 aliphatic heterocycles. The zero-order chi connectivity index (χ0) is 22.9. The molecule has 0 fully saturated rings. The molecule has 3 aromatic rings. The molecule has 33 heavy (non-hydrogen) atoms. The summed E-state index contributed by atoms with van der Waals surface area (Å²) in [5.74, 6) is -0.988. The summed E-state index contributed by atoms with van der Waals surface area (Å²) < 4.78 is 12.8. The largest absolute Gasteiger partial charge is 1.00 e. The van der Waals surface area contributed by atoms with Crippen LogP contribution in [0.4, 0.5) is 0 Å². The molecule has 0 heterocycles. The van der Waals surface area contributed by atoms with Gasteiger partial charge in [0.15, 0.2) is 0 Å². The van der Waals surface area contributed by atoms with Gasteiger partial charge >= 0.3 is 18.9 Å². The van der Waals surface area contributed by atoms with Crippen molar-refractivity contribution < 1.29 is 38.1 Å². The van der Waals surface area contributed by atoms with Gasteiger partial charge in [0.05, 0.1) is 28.6 Å². The van der Waals surface area contributed by atoms with E-state index in [1.165, 1.54) is 37.8 Å². The Morgan fingerprint density at radius 3 is 2.42 bits per heavy atom. The second-order valence-electron chi connectivity index (χ2n) is 8.32. The summed E-state index contributed by atoms with van der Waals surface area (Å²) in [5.41, 5.74) is 1.83. The molecule has 2 unspecified atom stereocenters. The summed E-state index contributed by atoms with van der Waals surface area (Å²) in [6.07, 6.45) is 7.47. The van der Waals surface area contributed by atoms with E-state index in [1.807, 2.05) is 36.4 Å². The van der Waals surface area contributed by atoms with Crippen LogP contribution in [0.5, 0.6) is 0 Å². The van der Waals surface area contributed by atoms with Gasteiger partial charge in [0.25, 0.3) is 0 Å². The molecule has 0 aliphatic rings. The number of hydrogen-bond acceptors (Lipinski definition) is 4. The second kappa shape index (κ2) is 13.7. The number of carbonyl (C=O) groups excluding carboxylic acids is 1. The maximum absolute atomic E-state index is 12.8. The maximum atomic E-state index is 12.8. The fourth-order valence-corrected chi connectivity index (χ4v) is 5.03. The molecule has 3 aromatic carbocycles. The SMILES string of the molecule is CCCCCCCCC(O)c1ccc2ccc(CS(=O)c3cccc(C(=O)[O-])c3)cc2c1.[Li+]. The summed E-state index contributed by atoms with van der Waals surface area (Å²) in [6, 6.07) is 18.0. The first-order valence-electron chi connectivity index (χ1n) is 11.4. The van der Waals surface area contributed by atoms with Crippen LogP contribution in [0.3, 0.4) is 0 Å². The Kier molecular flexibility index (Phi) is 11.4. The molecule has 0 aromatic heterocycles. The van der Waals surface area contributed by atoms with Crippen molar-refractivity contribution in [3.8, 4) is 0 Å². The quantitative estimate of drug-likeness (QED) is 0.334. The first-order valence-corrected chi connectivity index (χ1v) is 12.7. The van der Waals surface area contributed by atoms with Crippen molar-refractivity contribution in [2.75, 3.05) is 0 Å². The molecule has 0 saturated heterocycles. The number of fused-ring (bicyclic) bond motifs is 1. The van der Waals surface area contributed by atoms with Gasteiger partial charge in [-0.15, -0.1) is 0 Å². The summed E-state index contributed by atoms with van der Waals surface area (Å²) in [7, 11) is -1.37. The van der Waals surface area contributed by atoms with Crippen LogP contribution >= 0.6 is 0 Å². The molecule has 3 rings (SSSR count). The Labute approximate surface area is 211 Å². The van der Waals surface area contributed by atoms with E-state index in [9.17, 15) is 19.2 Å². The minimum atomic E-state index is -1.37. The monoisotopic (exact) mass is 458 g/mol. The van der Waals surface area contributed by atoms with Crippen LogP contribution < -0.4 is 24.0 Å². The number of hydrogen-bond donors (Lipinski definition) is 1. The fourth-order valence-electron chi connectivity index (χ4n) is 3.90. The van der Waals surface area contributed by atoms with Crippen molar-refractivity contribution in [2.24, 2.45) is 0 Å². The molecule has 6 heteroatoms. The number of aromatic carboxylic acids is 1. The number of carbonyl (C=O) groups is 1. The van der Waals surface area contributed by atoms with Crippen LogP contribution in [0.25, 0.3) is 10.8 Å². The molecule has 0 amide bonds. The number of aliphatic hydroxyl groups excluding tert-OH is 1. The predicted octanol–water partition coefficient (Wildman–Crippen LogP) is 2.30. The van der Waals surface area contributed by atoms with Gasteiger partial charge in [-0.1, -0.05) is 87.9 Å². The zero-order valence-electron chi connectivity index (χ0n) is 19.6. The van der Waals surface area contributed by atoms with E-state index in [0.717, 1.165) is 41.2 Å². The smallest absolute Gasteiger partial charge is 0.545 e. The van der Waals surface area contributed by atoms with Crippen LogP contribution in [0, 0.1) is 0 Å². The number of aliphatic hydroxyl groups is 1. The normalized spacial score (nSPS) is 12.8. The minimum absolute atomic E-state index is 0. The number of rotatable bonds is 12. The van der Waals surface area contributed by atoms with Crippen molar-refractivity contribution in [1.29, 1.82) is 0 Å². The first kappa shape index (κ1) is 27.3. The summed E-state index contributed by atoms with van der Waals surface area (Å²) >= 11 is 0. The van der Waals surface area contributed by atoms with E-state index in [-0.39, 0.29) is 30.2 Å². The maximum Gasteiger partial charge on any atom is 1.00 e. The van der Waals surface area contributed by atoms with Crippen molar-refractivity contribution in [3.05, 3.63) is 77.4 Å². The van der Waals surface area contributed by atoms with E-state index in [1.54, 1.807) is 12.1 Å². The van der Waals surface area contributed by atoms with E-state index >= 15 is 0 Å². The Bertz CT molecular complexity index is 1080. The topological polar surface area (TPSA) is 77.4 Å². The Balaban J connectivity index is 0.00000385. The number of benzene rings is 3. The van der Waals surface area contributed by atoms with Gasteiger partial charge in [-0.05, 0) is 52.1 Å². The van der Waals surface area contributed by atoms with Crippen LogP contribution in [-0.4, -0.2) is 15.3 Å². The van der Waals surface area contributed by atoms with Gasteiger partial charge < -0.3 is 15.0 Å². The molecular weight excluding hydrogens is 427 g/mol. The molecule has 0 saturated carbocycles. The molecule has 4 nitrogen and oxygen atoms in total. The van der Waals surface area contributed by atoms with Gasteiger partial charge in [-0.3, -0.25) is 4.21 Å². The van der Waals surface area contributed by atoms with Gasteiger partial charge in [-0.2, -0.15) is 0 Å². The first-order chi connectivity index (χ1) is 15.5. The van der Waals surface area contributed by atoms with E-state index < -0.39 is 22.9 Å². The van der Waals surface area contributed by atoms with Crippen LogP contribution in [0.15, 0.2) is 65.6 Å². The average molecular weight is 459 g/mol. The molecule has 170 valence electrons. The number of carboxylic acids is 1. The van der Waals surface area contributed by atoms with E-state index in [0.29, 0.717) is 4.90 Å². The van der Waals surface area contributed by atoms with Crippen LogP contribution in [0.2, 0.25) is 0 Å². The Morgan fingerprint density at radius 1 is 0.939 bits per heavy atom. The zero-order valence-corrected chi connectivity index (χ0v) is 20.4. The summed E-state index contributed by atoms with van der Waals surface area (Å²) in [5, 5.41) is 23.7. The van der Waals surface area contributed by atoms with Gasteiger partial charge in [-0.25, -0.2) is 0 Å². The summed E-state index contributed by atoms with van der Waals surface area (Å²) in [4.78, 5) is 11.5. The molecule has 0 bridgehead atoms. The van der Waals surface area contributed by atoms with Gasteiger partial charge in [0.2, 0.25) is 0 Å². The predicted molar refractivity (Wildman–Crippen MR) is 128 cm³/mol. The molecule has 0 spiro atoms. The average Bonchev–Trinajstić information content (AvgIpc) is 2.80. The standard InChI is InChI=1S/C27H32O4S.Li/c1-2-3-4-5-6-7-11-26(28)22-15-14-21-13-12-20(16-24(21)17-22)19-32(31)25-10-8-9-23(18-25)27(29)30;/h8-10,12-18,26,28H,2-7,11,19H2,1H3,(H,29,30);/q;+1/p-1. The third-order valence-corrected chi connectivity index (χ3v) is 7.15. The van der Waals surface area contributed by atoms with Crippen LogP contribution in [0.1, 0.15) is 79.5 Å². The van der Waals surface area contributed by atoms with Crippen molar-refractivity contribution >= 4 is 27.5 Å². The Morgan fingerprint density at radius 2 is 1.67 bits per heavy atom.